The third kappa shape index (κ3) is 4.28. The smallest absolute Gasteiger partial charge is 0.416 e. The van der Waals surface area contributed by atoms with E-state index in [1.807, 2.05) is 0 Å². The van der Waals surface area contributed by atoms with E-state index in [1.54, 1.807) is 30.3 Å². The number of fused-ring (bicyclic) bond motifs is 1. The van der Waals surface area contributed by atoms with Crippen molar-refractivity contribution in [3.8, 4) is 22.6 Å². The van der Waals surface area contributed by atoms with E-state index in [2.05, 4.69) is 0 Å². The lowest BCUT2D eigenvalue weighted by molar-refractivity contribution is -0.396. The van der Waals surface area contributed by atoms with Crippen LogP contribution in [0.25, 0.3) is 22.1 Å². The number of hydrogen-bond acceptors (Lipinski definition) is 7. The number of nitro groups is 2. The molecule has 4 aromatic rings. The summed E-state index contributed by atoms with van der Waals surface area (Å²) in [6.45, 7) is 0. The van der Waals surface area contributed by atoms with Gasteiger partial charge in [0.2, 0.25) is 0 Å². The van der Waals surface area contributed by atoms with Gasteiger partial charge in [0.25, 0.3) is 5.75 Å². The second-order valence-corrected chi connectivity index (χ2v) is 6.96. The molecule has 0 spiro atoms. The van der Waals surface area contributed by atoms with Gasteiger partial charge in [0.1, 0.15) is 11.3 Å². The molecule has 0 unspecified atom stereocenters. The number of halogens is 3. The van der Waals surface area contributed by atoms with Gasteiger partial charge in [0, 0.05) is 29.7 Å². The Labute approximate surface area is 186 Å². The van der Waals surface area contributed by atoms with E-state index in [1.165, 1.54) is 18.2 Å². The molecule has 0 N–H and O–H groups in total. The molecular formula is C22H11F3N2O7. The first-order chi connectivity index (χ1) is 16.0. The van der Waals surface area contributed by atoms with Gasteiger partial charge >= 0.3 is 23.2 Å². The van der Waals surface area contributed by atoms with Gasteiger partial charge in [-0.15, -0.1) is 0 Å². The molecule has 0 fully saturated rings. The van der Waals surface area contributed by atoms with Crippen LogP contribution >= 0.6 is 0 Å². The molecule has 0 aliphatic carbocycles. The maximum Gasteiger partial charge on any atom is 0.416 e. The second kappa shape index (κ2) is 8.31. The van der Waals surface area contributed by atoms with Crippen LogP contribution in [-0.2, 0) is 6.18 Å². The molecule has 0 saturated carbocycles. The molecule has 1 heterocycles. The number of rotatable bonds is 5. The molecule has 0 atom stereocenters. The molecule has 0 bridgehead atoms. The molecule has 0 aliphatic rings. The highest BCUT2D eigenvalue weighted by Gasteiger charge is 2.38. The molecule has 3 aromatic carbocycles. The van der Waals surface area contributed by atoms with Gasteiger partial charge < -0.3 is 9.15 Å². The van der Waals surface area contributed by atoms with Crippen molar-refractivity contribution < 1.29 is 32.2 Å². The highest BCUT2D eigenvalue weighted by Crippen LogP contribution is 2.45. The summed E-state index contributed by atoms with van der Waals surface area (Å²) in [6, 6.07) is 14.3. The van der Waals surface area contributed by atoms with Gasteiger partial charge in [0.15, 0.2) is 0 Å². The van der Waals surface area contributed by atoms with Crippen molar-refractivity contribution in [2.45, 2.75) is 6.18 Å². The normalized spacial score (nSPS) is 11.4. The summed E-state index contributed by atoms with van der Waals surface area (Å²) < 4.78 is 49.8. The van der Waals surface area contributed by atoms with Crippen LogP contribution in [0.3, 0.4) is 0 Å². The van der Waals surface area contributed by atoms with Gasteiger partial charge in [-0.1, -0.05) is 30.3 Å². The molecule has 34 heavy (non-hydrogen) atoms. The Morgan fingerprint density at radius 1 is 0.853 bits per heavy atom. The van der Waals surface area contributed by atoms with Gasteiger partial charge in [-0.25, -0.2) is 4.79 Å². The first-order valence-electron chi connectivity index (χ1n) is 9.40. The van der Waals surface area contributed by atoms with Crippen molar-refractivity contribution in [1.29, 1.82) is 0 Å². The maximum atomic E-state index is 13.1. The lowest BCUT2D eigenvalue weighted by Crippen LogP contribution is -2.08. The first-order valence-corrected chi connectivity index (χ1v) is 9.40. The average Bonchev–Trinajstić information content (AvgIpc) is 2.77. The fourth-order valence-electron chi connectivity index (χ4n) is 3.32. The average molecular weight is 472 g/mol. The van der Waals surface area contributed by atoms with Gasteiger partial charge in [-0.05, 0) is 23.3 Å². The summed E-state index contributed by atoms with van der Waals surface area (Å²) in [5.41, 5.74) is -3.57. The quantitative estimate of drug-likeness (QED) is 0.195. The number of nitrogens with zero attached hydrogens (tertiary/aromatic N) is 2. The molecular weight excluding hydrogens is 461 g/mol. The molecule has 9 nitrogen and oxygen atoms in total. The zero-order valence-corrected chi connectivity index (χ0v) is 16.7. The highest BCUT2D eigenvalue weighted by atomic mass is 19.4. The van der Waals surface area contributed by atoms with Crippen molar-refractivity contribution in [2.24, 2.45) is 0 Å². The molecule has 172 valence electrons. The monoisotopic (exact) mass is 472 g/mol. The predicted molar refractivity (Wildman–Crippen MR) is 113 cm³/mol. The number of ether oxygens (including phenoxy) is 1. The standard InChI is InChI=1S/C22H11F3N2O7/c23-22(24,25)13-8-17(26(29)30)21(18(9-13)27(31)32)33-14-6-7-15-16(12-4-2-1-3-5-12)11-20(28)34-19(15)10-14/h1-11H. The summed E-state index contributed by atoms with van der Waals surface area (Å²) in [7, 11) is 0. The van der Waals surface area contributed by atoms with Crippen LogP contribution < -0.4 is 10.4 Å². The Hall–Kier alpha value is -4.74. The molecule has 4 rings (SSSR count). The van der Waals surface area contributed by atoms with Crippen molar-refractivity contribution in [3.05, 3.63) is 103 Å². The summed E-state index contributed by atoms with van der Waals surface area (Å²) in [5, 5.41) is 23.3. The van der Waals surface area contributed by atoms with Crippen LogP contribution in [0.2, 0.25) is 0 Å². The SMILES string of the molecule is O=c1cc(-c2ccccc2)c2ccc(Oc3c([N+](=O)[O-])cc(C(F)(F)F)cc3[N+](=O)[O-])cc2o1. The van der Waals surface area contributed by atoms with E-state index in [9.17, 15) is 38.2 Å². The Kier molecular flexibility index (Phi) is 5.49. The molecule has 12 heteroatoms. The first kappa shape index (κ1) is 22.5. The topological polar surface area (TPSA) is 126 Å². The summed E-state index contributed by atoms with van der Waals surface area (Å²) >= 11 is 0. The fraction of sp³-hybridized carbons (Fsp3) is 0.0455. The van der Waals surface area contributed by atoms with E-state index in [4.69, 9.17) is 9.15 Å². The van der Waals surface area contributed by atoms with Crippen molar-refractivity contribution >= 4 is 22.3 Å². The Morgan fingerprint density at radius 2 is 1.47 bits per heavy atom. The summed E-state index contributed by atoms with van der Waals surface area (Å²) in [6.07, 6.45) is -5.06. The van der Waals surface area contributed by atoms with E-state index in [0.717, 1.165) is 6.07 Å². The largest absolute Gasteiger partial charge is 0.444 e. The fourth-order valence-corrected chi connectivity index (χ4v) is 3.32. The second-order valence-electron chi connectivity index (χ2n) is 6.96. The minimum atomic E-state index is -5.06. The minimum absolute atomic E-state index is 0.000992. The summed E-state index contributed by atoms with van der Waals surface area (Å²) in [5.74, 6) is -1.23. The van der Waals surface area contributed by atoms with E-state index in [-0.39, 0.29) is 23.5 Å². The van der Waals surface area contributed by atoms with E-state index in [0.29, 0.717) is 16.5 Å². The Morgan fingerprint density at radius 3 is 2.03 bits per heavy atom. The van der Waals surface area contributed by atoms with Gasteiger partial charge in [-0.2, -0.15) is 13.2 Å². The van der Waals surface area contributed by atoms with Crippen molar-refractivity contribution in [1.82, 2.24) is 0 Å². The summed E-state index contributed by atoms with van der Waals surface area (Å²) in [4.78, 5) is 32.4. The molecule has 0 radical (unpaired) electrons. The van der Waals surface area contributed by atoms with E-state index < -0.39 is 44.3 Å². The Bertz CT molecular complexity index is 1460. The van der Waals surface area contributed by atoms with Crippen LogP contribution in [0.4, 0.5) is 24.5 Å². The molecule has 1 aromatic heterocycles. The van der Waals surface area contributed by atoms with Crippen LogP contribution in [0.5, 0.6) is 11.5 Å². The van der Waals surface area contributed by atoms with Gasteiger partial charge in [0.05, 0.1) is 15.4 Å². The Balaban J connectivity index is 1.87. The van der Waals surface area contributed by atoms with Crippen LogP contribution in [0.1, 0.15) is 5.56 Å². The predicted octanol–water partition coefficient (Wildman–Crippen LogP) is 6.09. The molecule has 0 amide bonds. The zero-order chi connectivity index (χ0) is 24.6. The maximum absolute atomic E-state index is 13.1. The number of nitro benzene ring substituents is 2. The third-order valence-electron chi connectivity index (χ3n) is 4.79. The lowest BCUT2D eigenvalue weighted by Gasteiger charge is -2.11. The van der Waals surface area contributed by atoms with Crippen molar-refractivity contribution in [3.63, 3.8) is 0 Å². The highest BCUT2D eigenvalue weighted by molar-refractivity contribution is 5.93. The van der Waals surface area contributed by atoms with Crippen LogP contribution in [-0.4, -0.2) is 9.85 Å². The van der Waals surface area contributed by atoms with Gasteiger partial charge in [-0.3, -0.25) is 20.2 Å². The van der Waals surface area contributed by atoms with Crippen molar-refractivity contribution in [2.75, 3.05) is 0 Å². The zero-order valence-electron chi connectivity index (χ0n) is 16.7. The number of hydrogen-bond donors (Lipinski definition) is 0. The van der Waals surface area contributed by atoms with E-state index >= 15 is 0 Å². The molecule has 0 saturated heterocycles. The number of alkyl halides is 3. The lowest BCUT2D eigenvalue weighted by atomic mass is 10.0. The number of benzene rings is 3. The van der Waals surface area contributed by atoms with Crippen LogP contribution in [0.15, 0.2) is 75.9 Å². The molecule has 0 aliphatic heterocycles. The minimum Gasteiger partial charge on any atom is -0.444 e. The third-order valence-corrected chi connectivity index (χ3v) is 4.79. The van der Waals surface area contributed by atoms with Crippen LogP contribution in [0, 0.1) is 20.2 Å².